The third-order valence-electron chi connectivity index (χ3n) is 6.03. The minimum Gasteiger partial charge on any atom is -0.142 e. The first-order chi connectivity index (χ1) is 13.9. The fourth-order valence-electron chi connectivity index (χ4n) is 4.16. The molecule has 2 heteroatoms. The van der Waals surface area contributed by atoms with Crippen LogP contribution in [0.4, 0.5) is 0 Å². The average Bonchev–Trinajstić information content (AvgIpc) is 3.29. The molecule has 0 bridgehead atoms. The number of hydrogen-bond donors (Lipinski definition) is 0. The zero-order valence-electron chi connectivity index (χ0n) is 18.7. The van der Waals surface area contributed by atoms with Gasteiger partial charge in [0.1, 0.15) is 0 Å². The molecule has 0 aliphatic carbocycles. The van der Waals surface area contributed by atoms with E-state index in [4.69, 9.17) is 0 Å². The van der Waals surface area contributed by atoms with E-state index in [1.165, 1.54) is 116 Å². The quantitative estimate of drug-likeness (QED) is 0.210. The molecule has 0 N–H and O–H groups in total. The lowest BCUT2D eigenvalue weighted by atomic mass is 10.0. The Balaban J connectivity index is 1.60. The van der Waals surface area contributed by atoms with Crippen molar-refractivity contribution < 1.29 is 0 Å². The third kappa shape index (κ3) is 8.99. The summed E-state index contributed by atoms with van der Waals surface area (Å²) in [7, 11) is 0. The first-order valence-corrected chi connectivity index (χ1v) is 14.1. The van der Waals surface area contributed by atoms with Crippen LogP contribution < -0.4 is 0 Å². The van der Waals surface area contributed by atoms with Gasteiger partial charge >= 0.3 is 0 Å². The van der Waals surface area contributed by atoms with Gasteiger partial charge in [0.25, 0.3) is 0 Å². The SMILES string of the molecule is CCCCCCCCCCc1csc2c(CCCCCCCCCC)csc12. The Morgan fingerprint density at radius 3 is 1.14 bits per heavy atom. The third-order valence-corrected chi connectivity index (χ3v) is 8.36. The standard InChI is InChI=1S/C26H44S2/c1-3-5-7-9-11-13-15-17-19-23-21-27-26-24(22-28-25(23)26)20-18-16-14-12-10-8-6-4-2/h21-22H,3-20H2,1-2H3. The first-order valence-electron chi connectivity index (χ1n) is 12.3. The lowest BCUT2D eigenvalue weighted by Crippen LogP contribution is -1.85. The summed E-state index contributed by atoms with van der Waals surface area (Å²) in [5.74, 6) is 0. The van der Waals surface area contributed by atoms with Crippen LogP contribution in [0, 0.1) is 0 Å². The van der Waals surface area contributed by atoms with Gasteiger partial charge in [-0.25, -0.2) is 0 Å². The maximum absolute atomic E-state index is 2.46. The number of fused-ring (bicyclic) bond motifs is 1. The normalized spacial score (nSPS) is 11.6. The largest absolute Gasteiger partial charge is 0.142 e. The van der Waals surface area contributed by atoms with Gasteiger partial charge in [0, 0.05) is 9.40 Å². The van der Waals surface area contributed by atoms with E-state index in [1.54, 1.807) is 20.5 Å². The topological polar surface area (TPSA) is 0 Å². The maximum Gasteiger partial charge on any atom is 0.0485 e. The second-order valence-corrected chi connectivity index (χ2v) is 10.4. The van der Waals surface area contributed by atoms with Crippen LogP contribution >= 0.6 is 22.7 Å². The lowest BCUT2D eigenvalue weighted by Gasteiger charge is -2.01. The van der Waals surface area contributed by atoms with Crippen LogP contribution in [-0.2, 0) is 12.8 Å². The van der Waals surface area contributed by atoms with Gasteiger partial charge in [-0.2, -0.15) is 0 Å². The minimum atomic E-state index is 1.30. The van der Waals surface area contributed by atoms with E-state index in [0.717, 1.165) is 0 Å². The molecule has 0 saturated heterocycles. The summed E-state index contributed by atoms with van der Waals surface area (Å²) in [4.78, 5) is 0. The molecule has 0 atom stereocenters. The van der Waals surface area contributed by atoms with Crippen molar-refractivity contribution in [2.45, 2.75) is 129 Å². The van der Waals surface area contributed by atoms with Crippen molar-refractivity contribution in [3.05, 3.63) is 21.9 Å². The molecule has 2 aromatic heterocycles. The van der Waals surface area contributed by atoms with Crippen molar-refractivity contribution in [2.75, 3.05) is 0 Å². The van der Waals surface area contributed by atoms with E-state index in [2.05, 4.69) is 24.6 Å². The molecule has 2 heterocycles. The molecule has 2 rings (SSSR count). The highest BCUT2D eigenvalue weighted by Gasteiger charge is 2.10. The van der Waals surface area contributed by atoms with Gasteiger partial charge in [-0.3, -0.25) is 0 Å². The molecule has 0 aliphatic heterocycles. The van der Waals surface area contributed by atoms with E-state index in [0.29, 0.717) is 0 Å². The molecule has 0 unspecified atom stereocenters. The predicted octanol–water partition coefficient (Wildman–Crippen LogP) is 10.3. The van der Waals surface area contributed by atoms with Crippen LogP contribution in [0.25, 0.3) is 9.40 Å². The average molecular weight is 421 g/mol. The second-order valence-electron chi connectivity index (χ2n) is 8.63. The summed E-state index contributed by atoms with van der Waals surface area (Å²) < 4.78 is 3.23. The summed E-state index contributed by atoms with van der Waals surface area (Å²) in [6, 6.07) is 0. The zero-order valence-corrected chi connectivity index (χ0v) is 20.3. The Labute approximate surface area is 183 Å². The van der Waals surface area contributed by atoms with Crippen molar-refractivity contribution in [2.24, 2.45) is 0 Å². The van der Waals surface area contributed by atoms with Crippen molar-refractivity contribution in [3.8, 4) is 0 Å². The molecule has 2 aromatic rings. The van der Waals surface area contributed by atoms with Crippen molar-refractivity contribution in [1.82, 2.24) is 0 Å². The minimum absolute atomic E-state index is 1.30. The first kappa shape index (κ1) is 23.9. The van der Waals surface area contributed by atoms with E-state index < -0.39 is 0 Å². The van der Waals surface area contributed by atoms with Gasteiger partial charge in [-0.1, -0.05) is 104 Å². The van der Waals surface area contributed by atoms with Crippen molar-refractivity contribution in [1.29, 1.82) is 0 Å². The molecular weight excluding hydrogens is 376 g/mol. The van der Waals surface area contributed by atoms with Gasteiger partial charge in [-0.15, -0.1) is 22.7 Å². The van der Waals surface area contributed by atoms with E-state index in [-0.39, 0.29) is 0 Å². The lowest BCUT2D eigenvalue weighted by molar-refractivity contribution is 0.576. The van der Waals surface area contributed by atoms with Crippen molar-refractivity contribution in [3.63, 3.8) is 0 Å². The number of rotatable bonds is 18. The van der Waals surface area contributed by atoms with Gasteiger partial charge in [0.05, 0.1) is 0 Å². The van der Waals surface area contributed by atoms with Crippen LogP contribution in [0.15, 0.2) is 10.8 Å². The molecule has 0 saturated carbocycles. The molecule has 0 nitrogen and oxygen atoms in total. The van der Waals surface area contributed by atoms with Gasteiger partial charge in [0.15, 0.2) is 0 Å². The molecule has 0 spiro atoms. The van der Waals surface area contributed by atoms with Crippen LogP contribution in [0.2, 0.25) is 0 Å². The monoisotopic (exact) mass is 420 g/mol. The molecule has 160 valence electrons. The van der Waals surface area contributed by atoms with E-state index in [9.17, 15) is 0 Å². The second kappa shape index (κ2) is 15.5. The Morgan fingerprint density at radius 2 is 0.786 bits per heavy atom. The van der Waals surface area contributed by atoms with Crippen LogP contribution in [-0.4, -0.2) is 0 Å². The maximum atomic E-state index is 2.46. The summed E-state index contributed by atoms with van der Waals surface area (Å²) in [6.07, 6.45) is 25.3. The zero-order chi connectivity index (χ0) is 19.9. The van der Waals surface area contributed by atoms with Gasteiger partial charge in [0.2, 0.25) is 0 Å². The van der Waals surface area contributed by atoms with Crippen LogP contribution in [0.5, 0.6) is 0 Å². The predicted molar refractivity (Wildman–Crippen MR) is 132 cm³/mol. The Hall–Kier alpha value is -0.340. The molecule has 0 radical (unpaired) electrons. The highest BCUT2D eigenvalue weighted by Crippen LogP contribution is 2.36. The van der Waals surface area contributed by atoms with Crippen molar-refractivity contribution >= 4 is 32.1 Å². The Bertz CT molecular complexity index is 553. The number of hydrogen-bond acceptors (Lipinski definition) is 2. The number of thiophene rings is 2. The fourth-order valence-corrected chi connectivity index (χ4v) is 6.69. The Morgan fingerprint density at radius 1 is 0.464 bits per heavy atom. The summed E-state index contributed by atoms with van der Waals surface area (Å²) in [5.41, 5.74) is 3.27. The highest BCUT2D eigenvalue weighted by atomic mass is 32.1. The Kier molecular flexibility index (Phi) is 13.2. The summed E-state index contributed by atoms with van der Waals surface area (Å²) >= 11 is 4.02. The molecule has 0 aromatic carbocycles. The molecular formula is C26H44S2. The van der Waals surface area contributed by atoms with E-state index >= 15 is 0 Å². The van der Waals surface area contributed by atoms with Gasteiger partial charge in [-0.05, 0) is 47.6 Å². The van der Waals surface area contributed by atoms with Crippen LogP contribution in [0.1, 0.15) is 128 Å². The molecule has 0 amide bonds. The molecule has 0 aliphatic rings. The fraction of sp³-hybridized carbons (Fsp3) is 0.769. The number of aryl methyl sites for hydroxylation is 2. The molecule has 0 fully saturated rings. The van der Waals surface area contributed by atoms with E-state index in [1.807, 2.05) is 22.7 Å². The number of unbranched alkanes of at least 4 members (excludes halogenated alkanes) is 14. The smallest absolute Gasteiger partial charge is 0.0485 e. The van der Waals surface area contributed by atoms with Crippen LogP contribution in [0.3, 0.4) is 0 Å². The summed E-state index contributed by atoms with van der Waals surface area (Å²) in [6.45, 7) is 4.60. The summed E-state index contributed by atoms with van der Waals surface area (Å²) in [5, 5.41) is 4.92. The highest BCUT2D eigenvalue weighted by molar-refractivity contribution is 7.26. The van der Waals surface area contributed by atoms with Gasteiger partial charge < -0.3 is 0 Å². The molecule has 28 heavy (non-hydrogen) atoms.